The van der Waals surface area contributed by atoms with Crippen molar-refractivity contribution in [3.8, 4) is 0 Å². The first-order chi connectivity index (χ1) is 10.2. The van der Waals surface area contributed by atoms with Gasteiger partial charge in [0.25, 0.3) is 0 Å². The molecular formula is C12H24O10. The Hall–Kier alpha value is -0.400. The maximum Gasteiger partial charge on any atom is 0.186 e. The quantitative estimate of drug-likeness (QED) is 0.226. The number of hydrogen-bond acceptors (Lipinski definition) is 10. The predicted octanol–water partition coefficient (Wildman–Crippen LogP) is -4.73. The Morgan fingerprint density at radius 3 is 2.00 bits per heavy atom. The van der Waals surface area contributed by atoms with Crippen LogP contribution in [-0.4, -0.2) is 109 Å². The largest absolute Gasteiger partial charge is 0.394 e. The lowest BCUT2D eigenvalue weighted by Gasteiger charge is -2.39. The van der Waals surface area contributed by atoms with Gasteiger partial charge in [-0.3, -0.25) is 0 Å². The van der Waals surface area contributed by atoms with E-state index >= 15 is 0 Å². The summed E-state index contributed by atoms with van der Waals surface area (Å²) in [6.07, 6.45) is -13.4. The fraction of sp³-hybridized carbons (Fsp3) is 1.00. The molecule has 132 valence electrons. The van der Waals surface area contributed by atoms with Gasteiger partial charge in [0, 0.05) is 0 Å². The van der Waals surface area contributed by atoms with Crippen LogP contribution in [0.4, 0.5) is 0 Å². The molecule has 10 heteroatoms. The number of aliphatic hydroxyl groups excluding tert-OH is 8. The molecule has 10 nitrogen and oxygen atoms in total. The van der Waals surface area contributed by atoms with Crippen LogP contribution in [0.1, 0.15) is 6.92 Å². The summed E-state index contributed by atoms with van der Waals surface area (Å²) in [7, 11) is 0. The highest BCUT2D eigenvalue weighted by molar-refractivity contribution is 4.87. The van der Waals surface area contributed by atoms with Crippen LogP contribution in [0.5, 0.6) is 0 Å². The molecule has 1 heterocycles. The second-order valence-electron chi connectivity index (χ2n) is 5.31. The average Bonchev–Trinajstić information content (AvgIpc) is 2.52. The summed E-state index contributed by atoms with van der Waals surface area (Å²) in [6.45, 7) is 0.0499. The third-order valence-corrected chi connectivity index (χ3v) is 3.57. The maximum atomic E-state index is 9.69. The lowest BCUT2D eigenvalue weighted by molar-refractivity contribution is -0.299. The molecule has 1 rings (SSSR count). The van der Waals surface area contributed by atoms with Gasteiger partial charge in [-0.1, -0.05) is 0 Å². The molecule has 0 bridgehead atoms. The second kappa shape index (κ2) is 8.45. The summed E-state index contributed by atoms with van der Waals surface area (Å²) in [5.74, 6) is 0. The van der Waals surface area contributed by atoms with Crippen molar-refractivity contribution in [2.24, 2.45) is 0 Å². The highest BCUT2D eigenvalue weighted by Gasteiger charge is 2.43. The van der Waals surface area contributed by atoms with Crippen molar-refractivity contribution < 1.29 is 50.3 Å². The molecule has 1 fully saturated rings. The molecule has 8 N–H and O–H groups in total. The summed E-state index contributed by atoms with van der Waals surface area (Å²) in [6, 6.07) is 0. The summed E-state index contributed by atoms with van der Waals surface area (Å²) in [5, 5.41) is 75.3. The molecule has 1 aliphatic heterocycles. The smallest absolute Gasteiger partial charge is 0.186 e. The SMILES string of the molecule is C[C@@H]1O[C@@H](OC[C@H](O)[C@@H](O)[C@H](O)[C@H](O)CO)[C@H](O)[C@H](O)[C@H]1O. The Balaban J connectivity index is 2.51. The first-order valence-corrected chi connectivity index (χ1v) is 6.85. The predicted molar refractivity (Wildman–Crippen MR) is 69.4 cm³/mol. The van der Waals surface area contributed by atoms with Gasteiger partial charge < -0.3 is 50.3 Å². The van der Waals surface area contributed by atoms with Gasteiger partial charge >= 0.3 is 0 Å². The van der Waals surface area contributed by atoms with Gasteiger partial charge in [-0.2, -0.15) is 0 Å². The fourth-order valence-electron chi connectivity index (χ4n) is 2.01. The number of aliphatic hydroxyl groups is 8. The van der Waals surface area contributed by atoms with E-state index in [-0.39, 0.29) is 0 Å². The molecule has 22 heavy (non-hydrogen) atoms. The van der Waals surface area contributed by atoms with Gasteiger partial charge in [0.2, 0.25) is 0 Å². The Morgan fingerprint density at radius 2 is 1.45 bits per heavy atom. The fourth-order valence-corrected chi connectivity index (χ4v) is 2.01. The van der Waals surface area contributed by atoms with Crippen molar-refractivity contribution >= 4 is 0 Å². The van der Waals surface area contributed by atoms with Gasteiger partial charge in [-0.15, -0.1) is 0 Å². The standard InChI is InChI=1S/C12H24O10/c1-4-7(16)10(19)11(20)12(22-4)21-3-6(15)9(18)8(17)5(14)2-13/h4-20H,2-3H2,1H3/t4-,5+,6-,7-,8+,9+,10+,11+,12+/m0/s1. The second-order valence-corrected chi connectivity index (χ2v) is 5.31. The first kappa shape index (κ1) is 19.6. The molecule has 1 aliphatic rings. The van der Waals surface area contributed by atoms with Gasteiger partial charge in [0.15, 0.2) is 6.29 Å². The molecule has 0 unspecified atom stereocenters. The molecule has 0 amide bonds. The van der Waals surface area contributed by atoms with Crippen molar-refractivity contribution in [2.75, 3.05) is 13.2 Å². The minimum Gasteiger partial charge on any atom is -0.394 e. The lowest BCUT2D eigenvalue weighted by atomic mass is 10.00. The first-order valence-electron chi connectivity index (χ1n) is 6.85. The summed E-state index contributed by atoms with van der Waals surface area (Å²) in [4.78, 5) is 0. The highest BCUT2D eigenvalue weighted by atomic mass is 16.7. The minimum absolute atomic E-state index is 0.590. The lowest BCUT2D eigenvalue weighted by Crippen LogP contribution is -2.58. The van der Waals surface area contributed by atoms with E-state index in [2.05, 4.69) is 0 Å². The van der Waals surface area contributed by atoms with Crippen molar-refractivity contribution in [3.63, 3.8) is 0 Å². The van der Waals surface area contributed by atoms with Gasteiger partial charge in [0.1, 0.15) is 42.7 Å². The molecule has 1 saturated heterocycles. The number of rotatable bonds is 7. The molecule has 9 atom stereocenters. The van der Waals surface area contributed by atoms with Crippen LogP contribution in [0.3, 0.4) is 0 Å². The van der Waals surface area contributed by atoms with Gasteiger partial charge in [-0.25, -0.2) is 0 Å². The third kappa shape index (κ3) is 4.55. The van der Waals surface area contributed by atoms with E-state index in [0.717, 1.165) is 0 Å². The molecule has 0 aromatic rings. The van der Waals surface area contributed by atoms with Gasteiger partial charge in [0.05, 0.1) is 19.3 Å². The average molecular weight is 328 g/mol. The van der Waals surface area contributed by atoms with Crippen molar-refractivity contribution in [1.82, 2.24) is 0 Å². The normalized spacial score (nSPS) is 38.3. The molecule has 0 saturated carbocycles. The van der Waals surface area contributed by atoms with Crippen LogP contribution in [0.15, 0.2) is 0 Å². The Labute approximate surface area is 126 Å². The van der Waals surface area contributed by atoms with E-state index < -0.39 is 68.3 Å². The molecular weight excluding hydrogens is 304 g/mol. The Morgan fingerprint density at radius 1 is 0.909 bits per heavy atom. The van der Waals surface area contributed by atoms with E-state index in [4.69, 9.17) is 19.7 Å². The number of hydrogen-bond donors (Lipinski definition) is 8. The summed E-state index contributed by atoms with van der Waals surface area (Å²) in [5.41, 5.74) is 0. The van der Waals surface area contributed by atoms with E-state index in [1.165, 1.54) is 6.92 Å². The Kier molecular flexibility index (Phi) is 7.55. The van der Waals surface area contributed by atoms with Crippen LogP contribution in [0, 0.1) is 0 Å². The van der Waals surface area contributed by atoms with Crippen LogP contribution >= 0.6 is 0 Å². The molecule has 0 aromatic carbocycles. The summed E-state index contributed by atoms with van der Waals surface area (Å²) >= 11 is 0. The maximum absolute atomic E-state index is 9.69. The van der Waals surface area contributed by atoms with E-state index in [9.17, 15) is 30.6 Å². The van der Waals surface area contributed by atoms with Crippen LogP contribution in [-0.2, 0) is 9.47 Å². The Bertz CT molecular complexity index is 329. The van der Waals surface area contributed by atoms with E-state index in [0.29, 0.717) is 0 Å². The van der Waals surface area contributed by atoms with E-state index in [1.54, 1.807) is 0 Å². The monoisotopic (exact) mass is 328 g/mol. The zero-order valence-electron chi connectivity index (χ0n) is 12.0. The van der Waals surface area contributed by atoms with Crippen LogP contribution in [0.2, 0.25) is 0 Å². The number of ether oxygens (including phenoxy) is 2. The van der Waals surface area contributed by atoms with Crippen molar-refractivity contribution in [1.29, 1.82) is 0 Å². The molecule has 0 spiro atoms. The molecule has 0 aromatic heterocycles. The van der Waals surface area contributed by atoms with Gasteiger partial charge in [-0.05, 0) is 6.92 Å². The van der Waals surface area contributed by atoms with Crippen molar-refractivity contribution in [2.45, 2.75) is 62.0 Å². The van der Waals surface area contributed by atoms with Crippen LogP contribution < -0.4 is 0 Å². The highest BCUT2D eigenvalue weighted by Crippen LogP contribution is 2.22. The molecule has 0 radical (unpaired) electrons. The topological polar surface area (TPSA) is 180 Å². The zero-order valence-corrected chi connectivity index (χ0v) is 12.0. The minimum atomic E-state index is -1.81. The van der Waals surface area contributed by atoms with E-state index in [1.807, 2.05) is 0 Å². The van der Waals surface area contributed by atoms with Crippen LogP contribution in [0.25, 0.3) is 0 Å². The zero-order chi connectivity index (χ0) is 17.0. The van der Waals surface area contributed by atoms with Crippen molar-refractivity contribution in [3.05, 3.63) is 0 Å². The third-order valence-electron chi connectivity index (χ3n) is 3.57. The summed E-state index contributed by atoms with van der Waals surface area (Å²) < 4.78 is 10.1. The molecule has 0 aliphatic carbocycles.